The molecule has 0 saturated heterocycles. The maximum atomic E-state index is 12.5. The molecule has 3 nitrogen and oxygen atoms in total. The van der Waals surface area contributed by atoms with E-state index in [1.165, 1.54) is 32.1 Å². The number of hydrogen-bond donors (Lipinski definition) is 1. The van der Waals surface area contributed by atoms with E-state index in [1.54, 1.807) is 18.7 Å². The molecular formula is C16H29NO2. The van der Waals surface area contributed by atoms with Gasteiger partial charge in [0, 0.05) is 19.5 Å². The van der Waals surface area contributed by atoms with Crippen LogP contribution in [-0.4, -0.2) is 35.1 Å². The molecule has 0 radical (unpaired) electrons. The Balaban J connectivity index is 1.89. The van der Waals surface area contributed by atoms with Crippen molar-refractivity contribution in [1.82, 2.24) is 4.90 Å². The molecule has 1 N–H and O–H groups in total. The molecule has 0 bridgehead atoms. The molecule has 0 heterocycles. The summed E-state index contributed by atoms with van der Waals surface area (Å²) < 4.78 is 0. The summed E-state index contributed by atoms with van der Waals surface area (Å²) in [5.41, 5.74) is -0.799. The molecule has 3 heteroatoms. The molecule has 2 aliphatic carbocycles. The van der Waals surface area contributed by atoms with Crippen LogP contribution in [0, 0.1) is 17.8 Å². The van der Waals surface area contributed by atoms with Crippen molar-refractivity contribution in [2.45, 2.75) is 64.4 Å². The highest BCUT2D eigenvalue weighted by molar-refractivity contribution is 5.78. The van der Waals surface area contributed by atoms with Gasteiger partial charge in [0.25, 0.3) is 0 Å². The molecule has 0 aromatic carbocycles. The first-order chi connectivity index (χ1) is 8.87. The third-order valence-corrected chi connectivity index (χ3v) is 4.89. The lowest BCUT2D eigenvalue weighted by Crippen LogP contribution is -2.44. The molecule has 2 fully saturated rings. The molecule has 2 aliphatic rings. The number of amides is 1. The average Bonchev–Trinajstić information content (AvgIpc) is 2.35. The van der Waals surface area contributed by atoms with E-state index in [0.717, 1.165) is 24.7 Å². The van der Waals surface area contributed by atoms with Gasteiger partial charge in [-0.25, -0.2) is 0 Å². The van der Waals surface area contributed by atoms with Crippen molar-refractivity contribution < 1.29 is 9.90 Å². The number of carbonyl (C=O) groups is 1. The van der Waals surface area contributed by atoms with Crippen LogP contribution in [0.1, 0.15) is 58.8 Å². The lowest BCUT2D eigenvalue weighted by molar-refractivity contribution is -0.139. The van der Waals surface area contributed by atoms with Gasteiger partial charge < -0.3 is 10.0 Å². The molecule has 3 atom stereocenters. The van der Waals surface area contributed by atoms with Gasteiger partial charge in [0.2, 0.25) is 5.91 Å². The monoisotopic (exact) mass is 267 g/mol. The van der Waals surface area contributed by atoms with E-state index in [1.807, 2.05) is 7.05 Å². The average molecular weight is 267 g/mol. The van der Waals surface area contributed by atoms with E-state index in [9.17, 15) is 9.90 Å². The largest absolute Gasteiger partial charge is 0.389 e. The number of rotatable bonds is 3. The highest BCUT2D eigenvalue weighted by Gasteiger charge is 2.36. The first kappa shape index (κ1) is 14.8. The second-order valence-corrected chi connectivity index (χ2v) is 7.32. The van der Waals surface area contributed by atoms with Gasteiger partial charge in [0.1, 0.15) is 0 Å². The zero-order chi connectivity index (χ0) is 14.0. The molecule has 110 valence electrons. The van der Waals surface area contributed by atoms with Crippen LogP contribution in [0.4, 0.5) is 0 Å². The smallest absolute Gasteiger partial charge is 0.225 e. The van der Waals surface area contributed by atoms with Crippen molar-refractivity contribution in [1.29, 1.82) is 0 Å². The Kier molecular flexibility index (Phi) is 4.54. The van der Waals surface area contributed by atoms with Gasteiger partial charge >= 0.3 is 0 Å². The van der Waals surface area contributed by atoms with Crippen LogP contribution in [0.3, 0.4) is 0 Å². The first-order valence-corrected chi connectivity index (χ1v) is 7.84. The quantitative estimate of drug-likeness (QED) is 0.854. The minimum atomic E-state index is -0.799. The van der Waals surface area contributed by atoms with E-state index in [-0.39, 0.29) is 11.8 Å². The molecule has 1 amide bonds. The van der Waals surface area contributed by atoms with E-state index >= 15 is 0 Å². The third-order valence-electron chi connectivity index (χ3n) is 4.89. The van der Waals surface area contributed by atoms with Crippen LogP contribution in [0.2, 0.25) is 0 Å². The fourth-order valence-electron chi connectivity index (χ4n) is 4.07. The summed E-state index contributed by atoms with van der Waals surface area (Å²) in [5, 5.41) is 9.83. The maximum Gasteiger partial charge on any atom is 0.225 e. The molecule has 0 aromatic heterocycles. The molecule has 0 aliphatic heterocycles. The number of likely N-dealkylation sites (N-methyl/N-ethyl adjacent to an activating group) is 1. The Hall–Kier alpha value is -0.570. The first-order valence-electron chi connectivity index (χ1n) is 7.84. The van der Waals surface area contributed by atoms with Crippen molar-refractivity contribution in [3.63, 3.8) is 0 Å². The predicted molar refractivity (Wildman–Crippen MR) is 76.7 cm³/mol. The summed E-state index contributed by atoms with van der Waals surface area (Å²) in [6, 6.07) is 0. The minimum absolute atomic E-state index is 0.201. The Morgan fingerprint density at radius 2 is 1.79 bits per heavy atom. The normalized spacial score (nSPS) is 31.7. The van der Waals surface area contributed by atoms with Gasteiger partial charge in [-0.05, 0) is 44.9 Å². The van der Waals surface area contributed by atoms with Gasteiger partial charge in [0.15, 0.2) is 0 Å². The van der Waals surface area contributed by atoms with E-state index in [2.05, 4.69) is 0 Å². The topological polar surface area (TPSA) is 40.5 Å². The molecule has 2 saturated carbocycles. The predicted octanol–water partition coefficient (Wildman–Crippen LogP) is 2.82. The van der Waals surface area contributed by atoms with E-state index < -0.39 is 5.60 Å². The van der Waals surface area contributed by atoms with Crippen LogP contribution in [-0.2, 0) is 4.79 Å². The molecule has 19 heavy (non-hydrogen) atoms. The summed E-state index contributed by atoms with van der Waals surface area (Å²) in [6.45, 7) is 3.94. The third kappa shape index (κ3) is 3.95. The van der Waals surface area contributed by atoms with Crippen molar-refractivity contribution in [2.75, 3.05) is 13.6 Å². The summed E-state index contributed by atoms with van der Waals surface area (Å²) >= 11 is 0. The van der Waals surface area contributed by atoms with Crippen molar-refractivity contribution in [2.24, 2.45) is 17.8 Å². The Morgan fingerprint density at radius 1 is 1.16 bits per heavy atom. The summed E-state index contributed by atoms with van der Waals surface area (Å²) in [4.78, 5) is 14.2. The standard InChI is InChI=1S/C16H29NO2/c1-16(2,19)11-17(3)15(18)14-9-8-12-6-4-5-7-13(12)10-14/h12-14,19H,4-11H2,1-3H3. The number of carbonyl (C=O) groups excluding carboxylic acids is 1. The molecular weight excluding hydrogens is 238 g/mol. The zero-order valence-corrected chi connectivity index (χ0v) is 12.7. The number of hydrogen-bond acceptors (Lipinski definition) is 2. The minimum Gasteiger partial charge on any atom is -0.389 e. The number of fused-ring (bicyclic) bond motifs is 1. The Bertz CT molecular complexity index is 321. The van der Waals surface area contributed by atoms with Gasteiger partial charge in [-0.2, -0.15) is 0 Å². The second kappa shape index (κ2) is 5.82. The number of nitrogens with zero attached hydrogens (tertiary/aromatic N) is 1. The Labute approximate surface area is 117 Å². The van der Waals surface area contributed by atoms with Crippen molar-refractivity contribution in [3.05, 3.63) is 0 Å². The van der Waals surface area contributed by atoms with Crippen LogP contribution in [0.5, 0.6) is 0 Å². The van der Waals surface area contributed by atoms with Crippen LogP contribution < -0.4 is 0 Å². The summed E-state index contributed by atoms with van der Waals surface area (Å²) in [5.74, 6) is 2.11. The lowest BCUT2D eigenvalue weighted by atomic mass is 9.67. The highest BCUT2D eigenvalue weighted by Crippen LogP contribution is 2.43. The molecule has 0 spiro atoms. The van der Waals surface area contributed by atoms with Gasteiger partial charge in [-0.3, -0.25) is 4.79 Å². The van der Waals surface area contributed by atoms with E-state index in [0.29, 0.717) is 6.54 Å². The fraction of sp³-hybridized carbons (Fsp3) is 0.938. The number of aliphatic hydroxyl groups is 1. The summed E-state index contributed by atoms with van der Waals surface area (Å²) in [7, 11) is 1.83. The van der Waals surface area contributed by atoms with Crippen LogP contribution in [0.15, 0.2) is 0 Å². The molecule has 3 unspecified atom stereocenters. The second-order valence-electron chi connectivity index (χ2n) is 7.32. The molecule has 2 rings (SSSR count). The summed E-state index contributed by atoms with van der Waals surface area (Å²) in [6.07, 6.45) is 8.81. The fourth-order valence-corrected chi connectivity index (χ4v) is 4.07. The highest BCUT2D eigenvalue weighted by atomic mass is 16.3. The van der Waals surface area contributed by atoms with Gasteiger partial charge in [0.05, 0.1) is 5.60 Å². The van der Waals surface area contributed by atoms with Crippen LogP contribution >= 0.6 is 0 Å². The van der Waals surface area contributed by atoms with Gasteiger partial charge in [-0.1, -0.05) is 25.7 Å². The lowest BCUT2D eigenvalue weighted by Gasteiger charge is -2.40. The Morgan fingerprint density at radius 3 is 2.42 bits per heavy atom. The molecule has 0 aromatic rings. The zero-order valence-electron chi connectivity index (χ0n) is 12.7. The van der Waals surface area contributed by atoms with Crippen molar-refractivity contribution >= 4 is 5.91 Å². The van der Waals surface area contributed by atoms with Gasteiger partial charge in [-0.15, -0.1) is 0 Å². The SMILES string of the molecule is CN(CC(C)(C)O)C(=O)C1CCC2CCCCC2C1. The van der Waals surface area contributed by atoms with Crippen molar-refractivity contribution in [3.8, 4) is 0 Å². The maximum absolute atomic E-state index is 12.5. The van der Waals surface area contributed by atoms with Crippen LogP contribution in [0.25, 0.3) is 0 Å². The van der Waals surface area contributed by atoms with E-state index in [4.69, 9.17) is 0 Å².